The van der Waals surface area contributed by atoms with E-state index in [9.17, 15) is 9.90 Å². The number of carbonyl (C=O) groups excluding carboxylic acids is 1. The molecule has 19 heavy (non-hydrogen) atoms. The van der Waals surface area contributed by atoms with Crippen molar-refractivity contribution in [3.8, 4) is 5.75 Å². The van der Waals surface area contributed by atoms with Crippen LogP contribution in [0.2, 0.25) is 5.02 Å². The van der Waals surface area contributed by atoms with Gasteiger partial charge in [-0.2, -0.15) is 0 Å². The predicted octanol–water partition coefficient (Wildman–Crippen LogP) is 2.90. The average molecular weight is 275 g/mol. The van der Waals surface area contributed by atoms with E-state index in [1.807, 2.05) is 18.2 Å². The van der Waals surface area contributed by atoms with Crippen LogP contribution in [0.5, 0.6) is 5.75 Å². The van der Waals surface area contributed by atoms with Crippen molar-refractivity contribution in [1.29, 1.82) is 0 Å². The molecule has 3 rings (SSSR count). The number of phenols is 1. The molecule has 1 atom stereocenters. The number of carbonyl (C=O) groups is 1. The van der Waals surface area contributed by atoms with Crippen molar-refractivity contribution in [3.63, 3.8) is 0 Å². The van der Waals surface area contributed by atoms with Crippen LogP contribution in [-0.2, 0) is 0 Å². The molecule has 2 aromatic rings. The Morgan fingerprint density at radius 2 is 1.89 bits per heavy atom. The normalized spacial score (nSPS) is 17.3. The summed E-state index contributed by atoms with van der Waals surface area (Å²) in [6.07, 6.45) is -0.361. The van der Waals surface area contributed by atoms with Crippen LogP contribution >= 0.6 is 11.6 Å². The topological polar surface area (TPSA) is 61.4 Å². The zero-order valence-corrected chi connectivity index (χ0v) is 10.6. The van der Waals surface area contributed by atoms with Gasteiger partial charge in [0, 0.05) is 5.69 Å². The highest BCUT2D eigenvalue weighted by molar-refractivity contribution is 6.32. The van der Waals surface area contributed by atoms with Crippen LogP contribution in [0.4, 0.5) is 5.69 Å². The minimum Gasteiger partial charge on any atom is -0.506 e. The Morgan fingerprint density at radius 1 is 1.11 bits per heavy atom. The number of aromatic hydroxyl groups is 1. The molecule has 0 unspecified atom stereocenters. The van der Waals surface area contributed by atoms with Gasteiger partial charge >= 0.3 is 0 Å². The maximum absolute atomic E-state index is 12.0. The fourth-order valence-electron chi connectivity index (χ4n) is 2.08. The third kappa shape index (κ3) is 2.11. The van der Waals surface area contributed by atoms with E-state index in [0.29, 0.717) is 5.56 Å². The first kappa shape index (κ1) is 11.9. The average Bonchev–Trinajstić information content (AvgIpc) is 2.42. The summed E-state index contributed by atoms with van der Waals surface area (Å²) in [5.41, 5.74) is 2.18. The van der Waals surface area contributed by atoms with Gasteiger partial charge in [-0.1, -0.05) is 29.8 Å². The molecule has 5 heteroatoms. The quantitative estimate of drug-likeness (QED) is 0.749. The molecule has 0 saturated heterocycles. The second-order valence-electron chi connectivity index (χ2n) is 4.31. The van der Waals surface area contributed by atoms with Gasteiger partial charge in [-0.05, 0) is 29.8 Å². The predicted molar refractivity (Wildman–Crippen MR) is 73.4 cm³/mol. The first-order valence-electron chi connectivity index (χ1n) is 5.80. The zero-order chi connectivity index (χ0) is 13.4. The molecule has 0 bridgehead atoms. The van der Waals surface area contributed by atoms with Gasteiger partial charge < -0.3 is 15.7 Å². The van der Waals surface area contributed by atoms with E-state index in [2.05, 4.69) is 10.6 Å². The van der Waals surface area contributed by atoms with Crippen molar-refractivity contribution in [2.24, 2.45) is 0 Å². The molecule has 0 saturated carbocycles. The minimum absolute atomic E-state index is 0.0213. The third-order valence-electron chi connectivity index (χ3n) is 3.05. The van der Waals surface area contributed by atoms with Gasteiger partial charge in [-0.25, -0.2) is 0 Å². The number of phenolic OH excluding ortho intramolecular Hbond substituents is 1. The molecule has 0 spiro atoms. The van der Waals surface area contributed by atoms with Gasteiger partial charge in [-0.15, -0.1) is 0 Å². The lowest BCUT2D eigenvalue weighted by molar-refractivity contribution is 0.0935. The van der Waals surface area contributed by atoms with Crippen molar-refractivity contribution in [1.82, 2.24) is 5.32 Å². The second-order valence-corrected chi connectivity index (χ2v) is 4.71. The van der Waals surface area contributed by atoms with Crippen LogP contribution in [0, 0.1) is 0 Å². The van der Waals surface area contributed by atoms with Crippen molar-refractivity contribution in [2.45, 2.75) is 6.17 Å². The summed E-state index contributed by atoms with van der Waals surface area (Å²) in [6.45, 7) is 0. The van der Waals surface area contributed by atoms with E-state index in [1.54, 1.807) is 18.2 Å². The number of halogens is 1. The Balaban J connectivity index is 1.96. The Kier molecular flexibility index (Phi) is 2.80. The summed E-state index contributed by atoms with van der Waals surface area (Å²) in [7, 11) is 0. The van der Waals surface area contributed by atoms with Gasteiger partial charge in [0.05, 0.1) is 10.6 Å². The van der Waals surface area contributed by atoms with Crippen LogP contribution in [0.25, 0.3) is 0 Å². The number of amides is 1. The first-order chi connectivity index (χ1) is 9.15. The van der Waals surface area contributed by atoms with E-state index >= 15 is 0 Å². The highest BCUT2D eigenvalue weighted by Crippen LogP contribution is 2.30. The van der Waals surface area contributed by atoms with E-state index in [4.69, 9.17) is 11.6 Å². The van der Waals surface area contributed by atoms with Crippen LogP contribution < -0.4 is 10.6 Å². The largest absolute Gasteiger partial charge is 0.506 e. The van der Waals surface area contributed by atoms with Crippen LogP contribution in [0.15, 0.2) is 42.5 Å². The fourth-order valence-corrected chi connectivity index (χ4v) is 2.27. The number of hydrogen-bond acceptors (Lipinski definition) is 3. The van der Waals surface area contributed by atoms with Crippen molar-refractivity contribution in [3.05, 3.63) is 58.6 Å². The number of para-hydroxylation sites is 1. The SMILES string of the molecule is O=C1N[C@H](c2ccc(O)c(Cl)c2)Nc2ccccc21. The summed E-state index contributed by atoms with van der Waals surface area (Å²) in [5.74, 6) is -0.114. The molecule has 1 aliphatic heterocycles. The lowest BCUT2D eigenvalue weighted by Gasteiger charge is -2.28. The van der Waals surface area contributed by atoms with Crippen LogP contribution in [0.3, 0.4) is 0 Å². The number of nitrogens with one attached hydrogen (secondary N) is 2. The smallest absolute Gasteiger partial charge is 0.255 e. The van der Waals surface area contributed by atoms with Crippen LogP contribution in [0.1, 0.15) is 22.1 Å². The Labute approximate surface area is 115 Å². The van der Waals surface area contributed by atoms with Gasteiger partial charge in [0.2, 0.25) is 0 Å². The lowest BCUT2D eigenvalue weighted by atomic mass is 10.1. The summed E-state index contributed by atoms with van der Waals surface area (Å²) in [5, 5.41) is 15.7. The van der Waals surface area contributed by atoms with Crippen LogP contribution in [-0.4, -0.2) is 11.0 Å². The fraction of sp³-hybridized carbons (Fsp3) is 0.0714. The molecule has 4 nitrogen and oxygen atoms in total. The van der Waals surface area contributed by atoms with Crippen molar-refractivity contribution < 1.29 is 9.90 Å². The number of anilines is 1. The van der Waals surface area contributed by atoms with E-state index in [-0.39, 0.29) is 22.8 Å². The molecular formula is C14H11ClN2O2. The second kappa shape index (κ2) is 4.48. The Hall–Kier alpha value is -2.20. The molecule has 0 aromatic heterocycles. The first-order valence-corrected chi connectivity index (χ1v) is 6.18. The number of fused-ring (bicyclic) bond motifs is 1. The molecule has 1 amide bonds. The Morgan fingerprint density at radius 3 is 2.68 bits per heavy atom. The molecule has 0 fully saturated rings. The molecule has 1 heterocycles. The number of hydrogen-bond donors (Lipinski definition) is 3. The summed E-state index contributed by atoms with van der Waals surface area (Å²) in [6, 6.07) is 12.1. The number of rotatable bonds is 1. The van der Waals surface area contributed by atoms with Gasteiger partial charge in [-0.3, -0.25) is 4.79 Å². The third-order valence-corrected chi connectivity index (χ3v) is 3.35. The van der Waals surface area contributed by atoms with Gasteiger partial charge in [0.1, 0.15) is 11.9 Å². The lowest BCUT2D eigenvalue weighted by Crippen LogP contribution is -2.38. The molecule has 96 valence electrons. The molecule has 1 aliphatic rings. The van der Waals surface area contributed by atoms with Crippen molar-refractivity contribution >= 4 is 23.2 Å². The molecule has 0 aliphatic carbocycles. The standard InChI is InChI=1S/C14H11ClN2O2/c15-10-7-8(5-6-12(10)18)13-16-11-4-2-1-3-9(11)14(19)17-13/h1-7,13,16,18H,(H,17,19)/t13-/m1/s1. The summed E-state index contributed by atoms with van der Waals surface area (Å²) in [4.78, 5) is 12.0. The van der Waals surface area contributed by atoms with E-state index < -0.39 is 0 Å². The maximum Gasteiger partial charge on any atom is 0.255 e. The highest BCUT2D eigenvalue weighted by Gasteiger charge is 2.24. The Bertz CT molecular complexity index is 658. The summed E-state index contributed by atoms with van der Waals surface area (Å²) >= 11 is 5.88. The minimum atomic E-state index is -0.361. The van der Waals surface area contributed by atoms with Gasteiger partial charge in [0.25, 0.3) is 5.91 Å². The monoisotopic (exact) mass is 274 g/mol. The zero-order valence-electron chi connectivity index (χ0n) is 9.85. The molecule has 3 N–H and O–H groups in total. The number of benzene rings is 2. The van der Waals surface area contributed by atoms with E-state index in [0.717, 1.165) is 11.3 Å². The highest BCUT2D eigenvalue weighted by atomic mass is 35.5. The van der Waals surface area contributed by atoms with Gasteiger partial charge in [0.15, 0.2) is 0 Å². The summed E-state index contributed by atoms with van der Waals surface area (Å²) < 4.78 is 0. The molecule has 0 radical (unpaired) electrons. The maximum atomic E-state index is 12.0. The van der Waals surface area contributed by atoms with Crippen molar-refractivity contribution in [2.75, 3.05) is 5.32 Å². The molecular weight excluding hydrogens is 264 g/mol. The van der Waals surface area contributed by atoms with E-state index in [1.165, 1.54) is 6.07 Å². The molecule has 2 aromatic carbocycles.